The minimum Gasteiger partial charge on any atom is -0.246 e. The molecule has 1 aliphatic carbocycles. The number of hydrogen-bond donors (Lipinski definition) is 0. The molecule has 1 aliphatic rings. The maximum Gasteiger partial charge on any atom is 0.101 e. The van der Waals surface area contributed by atoms with Crippen molar-refractivity contribution in [1.29, 1.82) is 0 Å². The van der Waals surface area contributed by atoms with Crippen LogP contribution in [-0.4, -0.2) is 11.4 Å². The molecule has 0 amide bonds. The van der Waals surface area contributed by atoms with Crippen LogP contribution in [0.5, 0.6) is 0 Å². The molecular weight excluding hydrogens is 411 g/mol. The molecule has 0 saturated heterocycles. The molecule has 0 saturated carbocycles. The van der Waals surface area contributed by atoms with Gasteiger partial charge in [0.2, 0.25) is 0 Å². The fraction of sp³-hybridized carbons (Fsp3) is 0.0769. The molecule has 0 bridgehead atoms. The van der Waals surface area contributed by atoms with Crippen molar-refractivity contribution in [2.45, 2.75) is 13.8 Å². The van der Waals surface area contributed by atoms with E-state index >= 15 is 0 Å². The zero-order valence-corrected chi connectivity index (χ0v) is 18.1. The minimum atomic E-state index is 0.518. The molecule has 4 aromatic rings. The molecule has 4 heteroatoms. The summed E-state index contributed by atoms with van der Waals surface area (Å²) in [5, 5.41) is 3.36. The summed E-state index contributed by atoms with van der Waals surface area (Å²) in [6.45, 7) is 4.16. The Bertz CT molecular complexity index is 1240. The van der Waals surface area contributed by atoms with Gasteiger partial charge in [-0.15, -0.1) is 0 Å². The van der Waals surface area contributed by atoms with Gasteiger partial charge in [0.05, 0.1) is 27.2 Å². The van der Waals surface area contributed by atoms with E-state index in [1.807, 2.05) is 12.1 Å². The lowest BCUT2D eigenvalue weighted by atomic mass is 10.1. The smallest absolute Gasteiger partial charge is 0.101 e. The summed E-state index contributed by atoms with van der Waals surface area (Å²) in [5.41, 5.74) is 7.54. The fourth-order valence-electron chi connectivity index (χ4n) is 4.02. The van der Waals surface area contributed by atoms with Gasteiger partial charge in [0.25, 0.3) is 0 Å². The van der Waals surface area contributed by atoms with E-state index in [0.29, 0.717) is 15.7 Å². The maximum absolute atomic E-state index is 6.45. The van der Waals surface area contributed by atoms with Crippen LogP contribution in [0.2, 0.25) is 10.0 Å². The summed E-state index contributed by atoms with van der Waals surface area (Å²) in [6, 6.07) is 24.2. The molecule has 0 unspecified atom stereocenters. The molecule has 0 aliphatic heterocycles. The van der Waals surface area contributed by atoms with Gasteiger partial charge < -0.3 is 0 Å². The first-order valence-corrected chi connectivity index (χ1v) is 10.5. The second-order valence-corrected chi connectivity index (χ2v) is 8.26. The second kappa shape index (κ2) is 7.39. The van der Waals surface area contributed by atoms with Crippen molar-refractivity contribution in [1.82, 2.24) is 0 Å². The van der Waals surface area contributed by atoms with E-state index in [0.717, 1.165) is 50.1 Å². The van der Waals surface area contributed by atoms with Gasteiger partial charge in [0, 0.05) is 16.5 Å². The molecule has 0 atom stereocenters. The summed E-state index contributed by atoms with van der Waals surface area (Å²) in [5.74, 6) is 0. The first kappa shape index (κ1) is 19.0. The second-order valence-electron chi connectivity index (χ2n) is 7.44. The Labute approximate surface area is 185 Å². The summed E-state index contributed by atoms with van der Waals surface area (Å²) in [4.78, 5) is 10.1. The van der Waals surface area contributed by atoms with Crippen molar-refractivity contribution < 1.29 is 0 Å². The van der Waals surface area contributed by atoms with Crippen molar-refractivity contribution in [2.24, 2.45) is 9.98 Å². The minimum absolute atomic E-state index is 0.518. The highest BCUT2D eigenvalue weighted by Gasteiger charge is 2.28. The van der Waals surface area contributed by atoms with Crippen LogP contribution in [-0.2, 0) is 0 Å². The Balaban J connectivity index is 1.85. The summed E-state index contributed by atoms with van der Waals surface area (Å²) < 4.78 is 0. The summed E-state index contributed by atoms with van der Waals surface area (Å²) >= 11 is 12.9. The number of hydrogen-bond acceptors (Lipinski definition) is 2. The topological polar surface area (TPSA) is 24.7 Å². The largest absolute Gasteiger partial charge is 0.246 e. The normalized spacial score (nSPS) is 15.5. The highest BCUT2D eigenvalue weighted by Crippen LogP contribution is 2.38. The summed E-state index contributed by atoms with van der Waals surface area (Å²) in [7, 11) is 0. The van der Waals surface area contributed by atoms with E-state index in [9.17, 15) is 0 Å². The van der Waals surface area contributed by atoms with Gasteiger partial charge in [-0.1, -0.05) is 83.9 Å². The standard InChI is InChI=1S/C26H18Cl2N2/c1-15-7-3-8-16(2)23(15)29-24-18-11-4-9-17-10-5-12-19(22(17)18)25(24)30-26-20(27)13-6-14-21(26)28/h3-14H,1-2H3. The zero-order valence-electron chi connectivity index (χ0n) is 16.6. The number of rotatable bonds is 2. The van der Waals surface area contributed by atoms with Crippen LogP contribution in [0.4, 0.5) is 11.4 Å². The van der Waals surface area contributed by atoms with Crippen LogP contribution in [0.1, 0.15) is 22.3 Å². The quantitative estimate of drug-likeness (QED) is 0.308. The average molecular weight is 429 g/mol. The maximum atomic E-state index is 6.45. The van der Waals surface area contributed by atoms with Gasteiger partial charge in [-0.3, -0.25) is 0 Å². The Kier molecular flexibility index (Phi) is 4.69. The molecule has 0 radical (unpaired) electrons. The number of benzene rings is 4. The van der Waals surface area contributed by atoms with Crippen molar-refractivity contribution >= 4 is 56.8 Å². The molecule has 0 spiro atoms. The molecule has 146 valence electrons. The SMILES string of the molecule is Cc1cccc(C)c1N=C1C(=Nc2c(Cl)cccc2Cl)c2cccc3cccc1c23. The summed E-state index contributed by atoms with van der Waals surface area (Å²) in [6.07, 6.45) is 0. The van der Waals surface area contributed by atoms with E-state index in [1.165, 1.54) is 0 Å². The molecule has 30 heavy (non-hydrogen) atoms. The fourth-order valence-corrected chi connectivity index (χ4v) is 4.50. The highest BCUT2D eigenvalue weighted by molar-refractivity contribution is 6.61. The Hall–Kier alpha value is -2.94. The van der Waals surface area contributed by atoms with Gasteiger partial charge >= 0.3 is 0 Å². The Morgan fingerprint density at radius 1 is 0.567 bits per heavy atom. The van der Waals surface area contributed by atoms with Gasteiger partial charge in [0.1, 0.15) is 5.69 Å². The molecule has 0 heterocycles. The van der Waals surface area contributed by atoms with Crippen molar-refractivity contribution in [3.05, 3.63) is 105 Å². The van der Waals surface area contributed by atoms with E-state index in [4.69, 9.17) is 33.2 Å². The van der Waals surface area contributed by atoms with Gasteiger partial charge in [-0.25, -0.2) is 9.98 Å². The van der Waals surface area contributed by atoms with Crippen molar-refractivity contribution in [3.8, 4) is 0 Å². The predicted molar refractivity (Wildman–Crippen MR) is 129 cm³/mol. The first-order valence-electron chi connectivity index (χ1n) is 9.75. The van der Waals surface area contributed by atoms with Crippen LogP contribution in [0.3, 0.4) is 0 Å². The zero-order chi connectivity index (χ0) is 20.8. The lowest BCUT2D eigenvalue weighted by Crippen LogP contribution is -2.10. The average Bonchev–Trinajstić information content (AvgIpc) is 3.02. The number of para-hydroxylation sites is 2. The van der Waals surface area contributed by atoms with Gasteiger partial charge in [-0.2, -0.15) is 0 Å². The van der Waals surface area contributed by atoms with E-state index in [2.05, 4.69) is 62.4 Å². The molecule has 0 N–H and O–H groups in total. The lowest BCUT2D eigenvalue weighted by Gasteiger charge is -2.09. The molecule has 0 aromatic heterocycles. The Morgan fingerprint density at radius 2 is 1.03 bits per heavy atom. The first-order chi connectivity index (χ1) is 14.5. The van der Waals surface area contributed by atoms with Crippen molar-refractivity contribution in [2.75, 3.05) is 0 Å². The number of halogens is 2. The van der Waals surface area contributed by atoms with Gasteiger partial charge in [-0.05, 0) is 42.5 Å². The molecule has 5 rings (SSSR count). The highest BCUT2D eigenvalue weighted by atomic mass is 35.5. The molecule has 4 aromatic carbocycles. The molecule has 2 nitrogen and oxygen atoms in total. The monoisotopic (exact) mass is 428 g/mol. The van der Waals surface area contributed by atoms with E-state index in [-0.39, 0.29) is 0 Å². The van der Waals surface area contributed by atoms with Crippen LogP contribution >= 0.6 is 23.2 Å². The van der Waals surface area contributed by atoms with Gasteiger partial charge in [0.15, 0.2) is 0 Å². The molecule has 0 fully saturated rings. The van der Waals surface area contributed by atoms with Crippen LogP contribution in [0.25, 0.3) is 10.8 Å². The van der Waals surface area contributed by atoms with Crippen LogP contribution < -0.4 is 0 Å². The van der Waals surface area contributed by atoms with Crippen molar-refractivity contribution in [3.63, 3.8) is 0 Å². The van der Waals surface area contributed by atoms with E-state index in [1.54, 1.807) is 12.1 Å². The Morgan fingerprint density at radius 3 is 1.60 bits per heavy atom. The van der Waals surface area contributed by atoms with E-state index < -0.39 is 0 Å². The third kappa shape index (κ3) is 3.04. The number of aliphatic imine (C=N–C) groups is 2. The number of nitrogens with zero attached hydrogens (tertiary/aromatic N) is 2. The molecular formula is C26H18Cl2N2. The lowest BCUT2D eigenvalue weighted by molar-refractivity contribution is 1.33. The number of aryl methyl sites for hydroxylation is 2. The third-order valence-electron chi connectivity index (χ3n) is 5.46. The predicted octanol–water partition coefficient (Wildman–Crippen LogP) is 8.02. The van der Waals surface area contributed by atoms with Crippen LogP contribution in [0.15, 0.2) is 82.8 Å². The third-order valence-corrected chi connectivity index (χ3v) is 6.07. The van der Waals surface area contributed by atoms with Crippen LogP contribution in [0, 0.1) is 13.8 Å².